The molecule has 0 radical (unpaired) electrons. The fraction of sp³-hybridized carbons (Fsp3) is 0.471. The number of hydrogen-bond acceptors (Lipinski definition) is 11. The third-order valence-corrected chi connectivity index (χ3v) is 15.0. The van der Waals surface area contributed by atoms with E-state index in [1.165, 1.54) is 12.8 Å². The van der Waals surface area contributed by atoms with Gasteiger partial charge in [0.25, 0.3) is 0 Å². The van der Waals surface area contributed by atoms with Crippen molar-refractivity contribution >= 4 is 46.4 Å². The number of aryl methyl sites for hydroxylation is 1. The van der Waals surface area contributed by atoms with E-state index in [2.05, 4.69) is 63.1 Å². The molecule has 1 atom stereocenters. The normalized spacial score (nSPS) is 19.3. The molecular weight excluding hydrogens is 927 g/mol. The number of fused-ring (bicyclic) bond motifs is 1. The summed E-state index contributed by atoms with van der Waals surface area (Å²) in [5.74, 6) is -1.91. The molecule has 15 nitrogen and oxygen atoms in total. The summed E-state index contributed by atoms with van der Waals surface area (Å²) in [6.45, 7) is 11.6. The minimum Gasteiger partial charge on any atom is -0.487 e. The van der Waals surface area contributed by atoms with Gasteiger partial charge in [0.1, 0.15) is 18.4 Å². The summed E-state index contributed by atoms with van der Waals surface area (Å²) in [7, 11) is 1.78. The Kier molecular flexibility index (Phi) is 14.7. The molecule has 4 fully saturated rings. The number of anilines is 1. The van der Waals surface area contributed by atoms with Gasteiger partial charge < -0.3 is 19.6 Å². The lowest BCUT2D eigenvalue weighted by atomic mass is 9.71. The second-order valence-electron chi connectivity index (χ2n) is 19.4. The van der Waals surface area contributed by atoms with Crippen LogP contribution in [0.1, 0.15) is 99.2 Å². The monoisotopic (exact) mass is 983 g/mol. The van der Waals surface area contributed by atoms with Crippen LogP contribution in [0.25, 0.3) is 11.0 Å². The van der Waals surface area contributed by atoms with E-state index in [-0.39, 0.29) is 23.4 Å². The summed E-state index contributed by atoms with van der Waals surface area (Å²) >= 11 is 6.32. The fourth-order valence-corrected chi connectivity index (χ4v) is 10.8. The lowest BCUT2D eigenvalue weighted by Crippen LogP contribution is -2.52. The molecule has 9 rings (SSSR count). The summed E-state index contributed by atoms with van der Waals surface area (Å²) in [6.07, 6.45) is 4.33. The van der Waals surface area contributed by atoms with Crippen molar-refractivity contribution in [3.05, 3.63) is 116 Å². The lowest BCUT2D eigenvalue weighted by molar-refractivity contribution is -0.192. The van der Waals surface area contributed by atoms with Crippen LogP contribution in [0.15, 0.2) is 77.7 Å². The number of imide groups is 1. The number of benzene rings is 3. The average Bonchev–Trinajstić information content (AvgIpc) is 3.60. The van der Waals surface area contributed by atoms with E-state index in [0.29, 0.717) is 35.1 Å². The van der Waals surface area contributed by atoms with Crippen molar-refractivity contribution in [2.24, 2.45) is 12.5 Å². The highest BCUT2D eigenvalue weighted by molar-refractivity contribution is 6.30. The molecule has 4 aliphatic heterocycles. The van der Waals surface area contributed by atoms with Gasteiger partial charge in [0.05, 0.1) is 28.4 Å². The molecule has 3 aromatic carbocycles. The van der Waals surface area contributed by atoms with E-state index in [4.69, 9.17) is 31.2 Å². The molecule has 2 N–H and O–H groups in total. The number of amides is 2. The number of piperidine rings is 4. The molecule has 19 heteroatoms. The molecule has 2 amide bonds. The van der Waals surface area contributed by atoms with Crippen LogP contribution in [-0.2, 0) is 40.0 Å². The maximum atomic E-state index is 13.4. The van der Waals surface area contributed by atoms with Gasteiger partial charge in [-0.05, 0) is 136 Å². The SMILES string of the molecule is Cn1c(=O)n(C2CCC(=O)NC2=O)c2cccc(CN3CCC(N4CCC5(CCN(c6nccc(COc7ccc(C(C)(C)c8cc(Cl)cc(C#N)c8)cc7)n6)CC5)CC4)CC3)c21.O=C(O)C(F)(F)F. The Morgan fingerprint density at radius 2 is 1.60 bits per heavy atom. The largest absolute Gasteiger partial charge is 0.490 e. The first-order chi connectivity index (χ1) is 33.3. The molecule has 0 bridgehead atoms. The number of alkyl halides is 3. The number of carboxylic acids is 1. The Morgan fingerprint density at radius 1 is 0.929 bits per heavy atom. The molecule has 2 aromatic heterocycles. The summed E-state index contributed by atoms with van der Waals surface area (Å²) in [6, 6.07) is 23.6. The van der Waals surface area contributed by atoms with Crippen LogP contribution in [0.4, 0.5) is 19.1 Å². The van der Waals surface area contributed by atoms with Crippen molar-refractivity contribution in [1.82, 2.24) is 34.2 Å². The summed E-state index contributed by atoms with van der Waals surface area (Å²) in [5.41, 5.74) is 5.98. The highest BCUT2D eigenvalue weighted by Crippen LogP contribution is 2.43. The Hall–Kier alpha value is -6.29. The molecule has 5 aromatic rings. The first-order valence-corrected chi connectivity index (χ1v) is 24.0. The molecule has 1 unspecified atom stereocenters. The highest BCUT2D eigenvalue weighted by atomic mass is 35.5. The second-order valence-corrected chi connectivity index (χ2v) is 19.9. The number of carbonyl (C=O) groups is 3. The quantitative estimate of drug-likeness (QED) is 0.132. The number of ether oxygens (including phenoxy) is 1. The van der Waals surface area contributed by atoms with Crippen LogP contribution < -0.4 is 20.6 Å². The van der Waals surface area contributed by atoms with Crippen molar-refractivity contribution < 1.29 is 37.4 Å². The minimum atomic E-state index is -5.08. The molecule has 370 valence electrons. The summed E-state index contributed by atoms with van der Waals surface area (Å²) < 4.78 is 41.2. The number of aliphatic carboxylic acids is 1. The first-order valence-electron chi connectivity index (χ1n) is 23.6. The van der Waals surface area contributed by atoms with E-state index in [9.17, 15) is 32.8 Å². The number of halogens is 4. The van der Waals surface area contributed by atoms with Gasteiger partial charge in [-0.25, -0.2) is 19.6 Å². The maximum absolute atomic E-state index is 13.4. The number of carbonyl (C=O) groups excluding carboxylic acids is 2. The van der Waals surface area contributed by atoms with E-state index in [1.807, 2.05) is 48.7 Å². The lowest BCUT2D eigenvalue weighted by Gasteiger charge is -2.49. The van der Waals surface area contributed by atoms with Crippen molar-refractivity contribution in [2.45, 2.75) is 102 Å². The minimum absolute atomic E-state index is 0.225. The first kappa shape index (κ1) is 50.1. The predicted molar refractivity (Wildman–Crippen MR) is 256 cm³/mol. The zero-order valence-electron chi connectivity index (χ0n) is 39.5. The molecule has 0 saturated carbocycles. The summed E-state index contributed by atoms with van der Waals surface area (Å²) in [5, 5.41) is 19.5. The fourth-order valence-electron chi connectivity index (χ4n) is 10.5. The third-order valence-electron chi connectivity index (χ3n) is 14.8. The van der Waals surface area contributed by atoms with Crippen LogP contribution in [-0.4, -0.2) is 103 Å². The Labute approximate surface area is 408 Å². The molecule has 6 heterocycles. The van der Waals surface area contributed by atoms with Crippen molar-refractivity contribution in [2.75, 3.05) is 44.2 Å². The number of hydrogen-bond donors (Lipinski definition) is 2. The Balaban J connectivity index is 0.000000876. The van der Waals surface area contributed by atoms with Gasteiger partial charge in [-0.1, -0.05) is 49.7 Å². The van der Waals surface area contributed by atoms with Gasteiger partial charge in [-0.2, -0.15) is 18.4 Å². The topological polar surface area (TPSA) is 179 Å². The van der Waals surface area contributed by atoms with Gasteiger partial charge in [-0.3, -0.25) is 28.9 Å². The third kappa shape index (κ3) is 11.0. The zero-order chi connectivity index (χ0) is 50.0. The molecule has 0 aliphatic carbocycles. The molecule has 4 saturated heterocycles. The van der Waals surface area contributed by atoms with Crippen molar-refractivity contribution in [3.8, 4) is 11.8 Å². The maximum Gasteiger partial charge on any atom is 0.490 e. The molecular formula is C51H57ClF3N9O6. The van der Waals surface area contributed by atoms with Crippen LogP contribution in [0, 0.1) is 16.7 Å². The van der Waals surface area contributed by atoms with Crippen molar-refractivity contribution in [1.29, 1.82) is 5.26 Å². The van der Waals surface area contributed by atoms with Gasteiger partial charge >= 0.3 is 17.8 Å². The highest BCUT2D eigenvalue weighted by Gasteiger charge is 2.41. The van der Waals surface area contributed by atoms with Gasteiger partial charge in [-0.15, -0.1) is 0 Å². The van der Waals surface area contributed by atoms with Crippen molar-refractivity contribution in [3.63, 3.8) is 0 Å². The van der Waals surface area contributed by atoms with Gasteiger partial charge in [0.15, 0.2) is 0 Å². The Morgan fingerprint density at radius 3 is 2.24 bits per heavy atom. The smallest absolute Gasteiger partial charge is 0.487 e. The van der Waals surface area contributed by atoms with E-state index in [1.54, 1.807) is 22.2 Å². The number of aromatic nitrogens is 4. The van der Waals surface area contributed by atoms with E-state index in [0.717, 1.165) is 117 Å². The zero-order valence-corrected chi connectivity index (χ0v) is 40.2. The van der Waals surface area contributed by atoms with E-state index >= 15 is 0 Å². The molecule has 70 heavy (non-hydrogen) atoms. The van der Waals surface area contributed by atoms with Gasteiger partial charge in [0.2, 0.25) is 17.8 Å². The van der Waals surface area contributed by atoms with E-state index < -0.39 is 24.1 Å². The predicted octanol–water partition coefficient (Wildman–Crippen LogP) is 7.52. The number of nitrogens with zero attached hydrogens (tertiary/aromatic N) is 8. The number of para-hydroxylation sites is 1. The number of rotatable bonds is 10. The standard InChI is InChI=1S/C49H56ClN9O4.C2HF3O2/c1-48(2,36-27-33(30-51)28-37(50)29-36)35-7-9-40(10-8-35)63-32-38-13-20-52-46(53-38)58-25-18-49(19-26-58)16-23-57(24-17-49)39-14-21-56(22-15-39)31-34-5-4-6-41-44(34)55(3)47(62)59(41)42-11-12-43(60)54-45(42)61;3-2(4,5)1(6)7/h4-10,13,20,27-29,39,42H,11-12,14-19,21-26,31-32H2,1-3H3,(H,54,60,61);(H,6,7). The van der Waals surface area contributed by atoms with Crippen LogP contribution >= 0.6 is 11.6 Å². The Bertz CT molecular complexity index is 2830. The molecule has 1 spiro atoms. The van der Waals surface area contributed by atoms with Crippen LogP contribution in [0.5, 0.6) is 5.75 Å². The number of carboxylic acid groups (broad SMARTS) is 1. The second kappa shape index (κ2) is 20.6. The van der Waals surface area contributed by atoms with Crippen LogP contribution in [0.3, 0.4) is 0 Å². The summed E-state index contributed by atoms with van der Waals surface area (Å²) in [4.78, 5) is 64.0. The van der Waals surface area contributed by atoms with Crippen LogP contribution in [0.2, 0.25) is 5.02 Å². The number of imidazole rings is 1. The number of nitriles is 1. The number of likely N-dealkylation sites (tertiary alicyclic amines) is 2. The van der Waals surface area contributed by atoms with Gasteiger partial charge in [0, 0.05) is 55.8 Å². The number of nitrogens with one attached hydrogen (secondary N) is 1. The average molecular weight is 985 g/mol. The molecule has 4 aliphatic rings.